The molecule has 0 aliphatic carbocycles. The van der Waals surface area contributed by atoms with E-state index in [4.69, 9.17) is 9.15 Å². The molecule has 0 fully saturated rings. The number of rotatable bonds is 9. The minimum atomic E-state index is 0.0571. The van der Waals surface area contributed by atoms with Crippen LogP contribution in [-0.2, 0) is 11.3 Å². The van der Waals surface area contributed by atoms with Crippen molar-refractivity contribution >= 4 is 17.7 Å². The molecule has 0 aliphatic heterocycles. The fourth-order valence-corrected chi connectivity index (χ4v) is 3.47. The second kappa shape index (κ2) is 10.1. The van der Waals surface area contributed by atoms with Gasteiger partial charge in [-0.1, -0.05) is 48.5 Å². The molecule has 0 aliphatic rings. The lowest BCUT2D eigenvalue weighted by Gasteiger charge is -2.22. The summed E-state index contributed by atoms with van der Waals surface area (Å²) in [6.07, 6.45) is 0.907. The molecule has 0 atom stereocenters. The second-order valence-electron chi connectivity index (χ2n) is 6.69. The fraction of sp³-hybridized carbons (Fsp3) is 0.318. The van der Waals surface area contributed by atoms with E-state index in [2.05, 4.69) is 48.3 Å². The maximum atomic E-state index is 12.7. The highest BCUT2D eigenvalue weighted by Crippen LogP contribution is 2.25. The van der Waals surface area contributed by atoms with E-state index in [1.54, 1.807) is 7.11 Å². The van der Waals surface area contributed by atoms with Crippen LogP contribution in [0.1, 0.15) is 24.5 Å². The normalized spacial score (nSPS) is 10.7. The summed E-state index contributed by atoms with van der Waals surface area (Å²) in [5.74, 6) is 1.50. The Bertz CT molecular complexity index is 923. The number of ether oxygens (including phenoxy) is 1. The van der Waals surface area contributed by atoms with Crippen molar-refractivity contribution in [3.63, 3.8) is 0 Å². The monoisotopic (exact) mass is 411 g/mol. The Morgan fingerprint density at radius 2 is 1.83 bits per heavy atom. The van der Waals surface area contributed by atoms with Crippen molar-refractivity contribution in [1.82, 2.24) is 15.1 Å². The minimum absolute atomic E-state index is 0.0571. The molecule has 0 spiro atoms. The van der Waals surface area contributed by atoms with Gasteiger partial charge in [0.05, 0.1) is 12.9 Å². The summed E-state index contributed by atoms with van der Waals surface area (Å²) >= 11 is 1.26. The molecule has 0 N–H and O–H groups in total. The van der Waals surface area contributed by atoms with Crippen LogP contribution in [0, 0.1) is 6.92 Å². The zero-order valence-electron chi connectivity index (χ0n) is 16.9. The second-order valence-corrected chi connectivity index (χ2v) is 7.62. The first-order valence-electron chi connectivity index (χ1n) is 9.53. The average Bonchev–Trinajstić information content (AvgIpc) is 3.22. The number of nitrogens with zero attached hydrogens (tertiary/aromatic N) is 3. The number of aryl methyl sites for hydroxylation is 1. The summed E-state index contributed by atoms with van der Waals surface area (Å²) < 4.78 is 10.8. The van der Waals surface area contributed by atoms with Crippen LogP contribution in [0.25, 0.3) is 11.5 Å². The van der Waals surface area contributed by atoms with Crippen molar-refractivity contribution in [3.05, 3.63) is 59.7 Å². The Hall–Kier alpha value is -2.80. The van der Waals surface area contributed by atoms with Crippen molar-refractivity contribution in [2.45, 2.75) is 32.0 Å². The van der Waals surface area contributed by atoms with E-state index >= 15 is 0 Å². The number of carbonyl (C=O) groups is 1. The number of amides is 1. The molecule has 7 heteroatoms. The largest absolute Gasteiger partial charge is 0.497 e. The lowest BCUT2D eigenvalue weighted by molar-refractivity contribution is -0.129. The number of carbonyl (C=O) groups excluding carboxylic acids is 1. The molecule has 2 aromatic carbocycles. The molecule has 0 bridgehead atoms. The molecule has 1 amide bonds. The van der Waals surface area contributed by atoms with Crippen molar-refractivity contribution in [2.24, 2.45) is 0 Å². The van der Waals surface area contributed by atoms with Crippen molar-refractivity contribution in [3.8, 4) is 17.2 Å². The van der Waals surface area contributed by atoms with Crippen LogP contribution in [-0.4, -0.2) is 40.4 Å². The zero-order chi connectivity index (χ0) is 20.6. The first-order chi connectivity index (χ1) is 14.1. The maximum absolute atomic E-state index is 12.7. The maximum Gasteiger partial charge on any atom is 0.277 e. The zero-order valence-corrected chi connectivity index (χ0v) is 17.7. The topological polar surface area (TPSA) is 68.5 Å². The molecule has 1 heterocycles. The third-order valence-corrected chi connectivity index (χ3v) is 5.21. The summed E-state index contributed by atoms with van der Waals surface area (Å²) in [6.45, 7) is 5.45. The third-order valence-electron chi connectivity index (χ3n) is 4.40. The molecule has 152 valence electrons. The third kappa shape index (κ3) is 5.84. The molecule has 0 saturated heterocycles. The SMILES string of the molecule is CCCN(Cc1ccc(C)cc1)C(=O)CSc1nnc(-c2ccc(OC)cc2)o1. The van der Waals surface area contributed by atoms with Gasteiger partial charge in [-0.15, -0.1) is 10.2 Å². The number of benzene rings is 2. The van der Waals surface area contributed by atoms with E-state index in [-0.39, 0.29) is 11.7 Å². The quantitative estimate of drug-likeness (QED) is 0.480. The van der Waals surface area contributed by atoms with Gasteiger partial charge in [-0.25, -0.2) is 0 Å². The first kappa shape index (κ1) is 20.9. The van der Waals surface area contributed by atoms with Gasteiger partial charge in [0.2, 0.25) is 11.8 Å². The highest BCUT2D eigenvalue weighted by molar-refractivity contribution is 7.99. The number of hydrogen-bond acceptors (Lipinski definition) is 6. The predicted octanol–water partition coefficient (Wildman–Crippen LogP) is 4.58. The molecule has 0 radical (unpaired) electrons. The van der Waals surface area contributed by atoms with Crippen LogP contribution in [0.3, 0.4) is 0 Å². The molecule has 6 nitrogen and oxygen atoms in total. The number of methoxy groups -OCH3 is 1. The standard InChI is InChI=1S/C22H25N3O3S/c1-4-13-25(14-17-7-5-16(2)6-8-17)20(26)15-29-22-24-23-21(28-22)18-9-11-19(27-3)12-10-18/h5-12H,4,13-15H2,1-3H3. The van der Waals surface area contributed by atoms with Gasteiger partial charge in [-0.3, -0.25) is 4.79 Å². The van der Waals surface area contributed by atoms with Crippen LogP contribution in [0.4, 0.5) is 0 Å². The smallest absolute Gasteiger partial charge is 0.277 e. The molecule has 3 aromatic rings. The molecule has 3 rings (SSSR count). The molecule has 1 aromatic heterocycles. The van der Waals surface area contributed by atoms with Gasteiger partial charge in [0.25, 0.3) is 5.22 Å². The highest BCUT2D eigenvalue weighted by atomic mass is 32.2. The van der Waals surface area contributed by atoms with Gasteiger partial charge in [-0.2, -0.15) is 0 Å². The number of hydrogen-bond donors (Lipinski definition) is 0. The number of thioether (sulfide) groups is 1. The lowest BCUT2D eigenvalue weighted by Crippen LogP contribution is -2.32. The lowest BCUT2D eigenvalue weighted by atomic mass is 10.1. The van der Waals surface area contributed by atoms with Gasteiger partial charge in [0, 0.05) is 18.7 Å². The van der Waals surface area contributed by atoms with E-state index in [9.17, 15) is 4.79 Å². The summed E-state index contributed by atoms with van der Waals surface area (Å²) in [5.41, 5.74) is 3.15. The summed E-state index contributed by atoms with van der Waals surface area (Å²) in [7, 11) is 1.62. The first-order valence-corrected chi connectivity index (χ1v) is 10.5. The average molecular weight is 412 g/mol. The van der Waals surface area contributed by atoms with E-state index in [1.807, 2.05) is 29.2 Å². The van der Waals surface area contributed by atoms with Gasteiger partial charge in [-0.05, 0) is 43.2 Å². The Labute approximate surface area is 175 Å². The van der Waals surface area contributed by atoms with Crippen LogP contribution in [0.5, 0.6) is 5.75 Å². The number of aromatic nitrogens is 2. The Balaban J connectivity index is 1.59. The fourth-order valence-electron chi connectivity index (χ4n) is 2.81. The van der Waals surface area contributed by atoms with Gasteiger partial charge in [0.15, 0.2) is 0 Å². The van der Waals surface area contributed by atoms with E-state index in [0.717, 1.165) is 23.3 Å². The van der Waals surface area contributed by atoms with Gasteiger partial charge in [0.1, 0.15) is 5.75 Å². The van der Waals surface area contributed by atoms with E-state index < -0.39 is 0 Å². The van der Waals surface area contributed by atoms with Gasteiger partial charge < -0.3 is 14.1 Å². The molecule has 29 heavy (non-hydrogen) atoms. The van der Waals surface area contributed by atoms with Crippen LogP contribution in [0.15, 0.2) is 58.2 Å². The van der Waals surface area contributed by atoms with Crippen molar-refractivity contribution in [1.29, 1.82) is 0 Å². The Morgan fingerprint density at radius 1 is 1.10 bits per heavy atom. The van der Waals surface area contributed by atoms with Crippen LogP contribution < -0.4 is 4.74 Å². The highest BCUT2D eigenvalue weighted by Gasteiger charge is 2.16. The molecule has 0 saturated carbocycles. The molecular formula is C22H25N3O3S. The van der Waals surface area contributed by atoms with Crippen molar-refractivity contribution in [2.75, 3.05) is 19.4 Å². The van der Waals surface area contributed by atoms with Crippen molar-refractivity contribution < 1.29 is 13.9 Å². The van der Waals surface area contributed by atoms with E-state index in [1.165, 1.54) is 17.3 Å². The predicted molar refractivity (Wildman–Crippen MR) is 114 cm³/mol. The van der Waals surface area contributed by atoms with Crippen LogP contribution in [0.2, 0.25) is 0 Å². The molecular weight excluding hydrogens is 386 g/mol. The van der Waals surface area contributed by atoms with Crippen LogP contribution >= 0.6 is 11.8 Å². The summed E-state index contributed by atoms with van der Waals surface area (Å²) in [5, 5.41) is 8.51. The Kier molecular flexibility index (Phi) is 7.30. The summed E-state index contributed by atoms with van der Waals surface area (Å²) in [4.78, 5) is 14.6. The minimum Gasteiger partial charge on any atom is -0.497 e. The Morgan fingerprint density at radius 3 is 2.48 bits per heavy atom. The summed E-state index contributed by atoms with van der Waals surface area (Å²) in [6, 6.07) is 15.7. The van der Waals surface area contributed by atoms with E-state index in [0.29, 0.717) is 24.2 Å². The van der Waals surface area contributed by atoms with Gasteiger partial charge >= 0.3 is 0 Å². The molecule has 0 unspecified atom stereocenters.